The molecule has 2 N–H and O–H groups in total. The SMILES string of the molecule is c1ccc(NCCCNc2ncnc3c2oc2ccccc23)cc1. The topological polar surface area (TPSA) is 63.0 Å². The summed E-state index contributed by atoms with van der Waals surface area (Å²) >= 11 is 0. The highest BCUT2D eigenvalue weighted by Crippen LogP contribution is 2.30. The van der Waals surface area contributed by atoms with Gasteiger partial charge in [-0.25, -0.2) is 9.97 Å². The van der Waals surface area contributed by atoms with Crippen LogP contribution in [-0.4, -0.2) is 23.1 Å². The summed E-state index contributed by atoms with van der Waals surface area (Å²) in [5, 5.41) is 7.76. The second-order valence-corrected chi connectivity index (χ2v) is 5.57. The monoisotopic (exact) mass is 318 g/mol. The van der Waals surface area contributed by atoms with Gasteiger partial charge in [-0.3, -0.25) is 0 Å². The number of fused-ring (bicyclic) bond motifs is 3. The highest BCUT2D eigenvalue weighted by molar-refractivity contribution is 6.05. The summed E-state index contributed by atoms with van der Waals surface area (Å²) in [5.74, 6) is 0.746. The van der Waals surface area contributed by atoms with Crippen LogP contribution in [0.5, 0.6) is 0 Å². The van der Waals surface area contributed by atoms with Crippen LogP contribution in [0.25, 0.3) is 22.1 Å². The largest absolute Gasteiger partial charge is 0.450 e. The average molecular weight is 318 g/mol. The molecule has 5 heteroatoms. The van der Waals surface area contributed by atoms with Crippen molar-refractivity contribution in [1.82, 2.24) is 9.97 Å². The van der Waals surface area contributed by atoms with Crippen LogP contribution in [0.1, 0.15) is 6.42 Å². The van der Waals surface area contributed by atoms with E-state index in [1.807, 2.05) is 42.5 Å². The summed E-state index contributed by atoms with van der Waals surface area (Å²) < 4.78 is 5.91. The quantitative estimate of drug-likeness (QED) is 0.519. The van der Waals surface area contributed by atoms with Gasteiger partial charge in [-0.05, 0) is 30.7 Å². The van der Waals surface area contributed by atoms with Crippen molar-refractivity contribution in [3.05, 3.63) is 60.9 Å². The zero-order valence-electron chi connectivity index (χ0n) is 13.2. The molecule has 4 rings (SSSR count). The maximum atomic E-state index is 5.91. The fourth-order valence-corrected chi connectivity index (χ4v) is 2.73. The Balaban J connectivity index is 1.41. The molecule has 0 fully saturated rings. The number of nitrogens with one attached hydrogen (secondary N) is 2. The molecule has 2 aromatic heterocycles. The van der Waals surface area contributed by atoms with Crippen LogP contribution in [0.3, 0.4) is 0 Å². The lowest BCUT2D eigenvalue weighted by atomic mass is 10.2. The first-order valence-electron chi connectivity index (χ1n) is 8.07. The molecule has 0 amide bonds. The maximum absolute atomic E-state index is 5.91. The molecule has 2 heterocycles. The molecule has 0 saturated heterocycles. The summed E-state index contributed by atoms with van der Waals surface area (Å²) in [6.45, 7) is 1.70. The van der Waals surface area contributed by atoms with Crippen LogP contribution in [0, 0.1) is 0 Å². The summed E-state index contributed by atoms with van der Waals surface area (Å²) in [5.41, 5.74) is 3.54. The van der Waals surface area contributed by atoms with Gasteiger partial charge in [-0.2, -0.15) is 0 Å². The Labute approximate surface area is 139 Å². The van der Waals surface area contributed by atoms with Crippen LogP contribution in [0.4, 0.5) is 11.5 Å². The molecule has 2 aromatic carbocycles. The molecule has 0 aliphatic rings. The lowest BCUT2D eigenvalue weighted by molar-refractivity contribution is 0.666. The van der Waals surface area contributed by atoms with Crippen molar-refractivity contribution in [2.24, 2.45) is 0 Å². The van der Waals surface area contributed by atoms with Gasteiger partial charge < -0.3 is 15.1 Å². The molecule has 120 valence electrons. The van der Waals surface area contributed by atoms with E-state index in [0.717, 1.165) is 53.1 Å². The summed E-state index contributed by atoms with van der Waals surface area (Å²) in [6, 6.07) is 18.1. The van der Waals surface area contributed by atoms with Crippen molar-refractivity contribution in [1.29, 1.82) is 0 Å². The van der Waals surface area contributed by atoms with Crippen LogP contribution < -0.4 is 10.6 Å². The molecule has 0 bridgehead atoms. The van der Waals surface area contributed by atoms with E-state index in [-0.39, 0.29) is 0 Å². The van der Waals surface area contributed by atoms with Gasteiger partial charge in [-0.1, -0.05) is 30.3 Å². The lowest BCUT2D eigenvalue weighted by Gasteiger charge is -2.07. The summed E-state index contributed by atoms with van der Waals surface area (Å²) in [7, 11) is 0. The van der Waals surface area contributed by atoms with Crippen LogP contribution in [0.15, 0.2) is 65.3 Å². The number of aromatic nitrogens is 2. The van der Waals surface area contributed by atoms with Crippen molar-refractivity contribution < 1.29 is 4.42 Å². The molecule has 0 spiro atoms. The fourth-order valence-electron chi connectivity index (χ4n) is 2.73. The highest BCUT2D eigenvalue weighted by Gasteiger charge is 2.12. The Morgan fingerprint density at radius 2 is 1.62 bits per heavy atom. The van der Waals surface area contributed by atoms with E-state index in [1.165, 1.54) is 0 Å². The first-order valence-corrected chi connectivity index (χ1v) is 8.07. The van der Waals surface area contributed by atoms with E-state index in [9.17, 15) is 0 Å². The number of benzene rings is 2. The maximum Gasteiger partial charge on any atom is 0.196 e. The number of rotatable bonds is 6. The van der Waals surface area contributed by atoms with Gasteiger partial charge in [0.05, 0.1) is 0 Å². The number of nitrogens with zero attached hydrogens (tertiary/aromatic N) is 2. The zero-order valence-corrected chi connectivity index (χ0v) is 13.2. The Kier molecular flexibility index (Phi) is 3.98. The molecule has 0 atom stereocenters. The predicted octanol–water partition coefficient (Wildman–Crippen LogP) is 4.29. The normalized spacial score (nSPS) is 11.0. The zero-order chi connectivity index (χ0) is 16.2. The van der Waals surface area contributed by atoms with Crippen LogP contribution in [0.2, 0.25) is 0 Å². The van der Waals surface area contributed by atoms with Gasteiger partial charge in [0.1, 0.15) is 17.4 Å². The van der Waals surface area contributed by atoms with E-state index in [0.29, 0.717) is 0 Å². The van der Waals surface area contributed by atoms with Crippen molar-refractivity contribution in [3.63, 3.8) is 0 Å². The van der Waals surface area contributed by atoms with Crippen molar-refractivity contribution in [3.8, 4) is 0 Å². The van der Waals surface area contributed by atoms with Crippen LogP contribution in [-0.2, 0) is 0 Å². The number of hydrogen-bond acceptors (Lipinski definition) is 5. The Bertz CT molecular complexity index is 949. The molecule has 0 radical (unpaired) electrons. The highest BCUT2D eigenvalue weighted by atomic mass is 16.3. The molecular weight excluding hydrogens is 300 g/mol. The van der Waals surface area contributed by atoms with Gasteiger partial charge in [0.2, 0.25) is 0 Å². The molecule has 0 aliphatic carbocycles. The molecule has 5 nitrogen and oxygen atoms in total. The van der Waals surface area contributed by atoms with Gasteiger partial charge in [0.25, 0.3) is 0 Å². The summed E-state index contributed by atoms with van der Waals surface area (Å²) in [6.07, 6.45) is 2.55. The van der Waals surface area contributed by atoms with E-state index in [4.69, 9.17) is 4.42 Å². The minimum Gasteiger partial charge on any atom is -0.450 e. The minimum atomic E-state index is 0.717. The summed E-state index contributed by atoms with van der Waals surface area (Å²) in [4.78, 5) is 8.68. The van der Waals surface area contributed by atoms with Crippen LogP contribution >= 0.6 is 0 Å². The second-order valence-electron chi connectivity index (χ2n) is 5.57. The first-order chi connectivity index (χ1) is 11.9. The standard InChI is InChI=1S/C19H18N4O/c1-2-7-14(8-3-1)20-11-6-12-21-19-18-17(22-13-23-19)15-9-4-5-10-16(15)24-18/h1-5,7-10,13,20H,6,11-12H2,(H,21,22,23). The van der Waals surface area contributed by atoms with E-state index in [1.54, 1.807) is 6.33 Å². The number of furan rings is 1. The molecule has 4 aromatic rings. The Morgan fingerprint density at radius 1 is 0.833 bits per heavy atom. The molecule has 0 unspecified atom stereocenters. The van der Waals surface area contributed by atoms with Crippen molar-refractivity contribution >= 4 is 33.6 Å². The Hall–Kier alpha value is -3.08. The minimum absolute atomic E-state index is 0.717. The third kappa shape index (κ3) is 2.88. The molecular formula is C19H18N4O. The van der Waals surface area contributed by atoms with Crippen molar-refractivity contribution in [2.75, 3.05) is 23.7 Å². The van der Waals surface area contributed by atoms with Gasteiger partial charge >= 0.3 is 0 Å². The Morgan fingerprint density at radius 3 is 2.54 bits per heavy atom. The van der Waals surface area contributed by atoms with Gasteiger partial charge in [0.15, 0.2) is 11.4 Å². The van der Waals surface area contributed by atoms with Gasteiger partial charge in [0, 0.05) is 24.2 Å². The first kappa shape index (κ1) is 14.5. The van der Waals surface area contributed by atoms with E-state index < -0.39 is 0 Å². The smallest absolute Gasteiger partial charge is 0.196 e. The lowest BCUT2D eigenvalue weighted by Crippen LogP contribution is -2.10. The predicted molar refractivity (Wildman–Crippen MR) is 97.3 cm³/mol. The third-order valence-electron chi connectivity index (χ3n) is 3.91. The number of hydrogen-bond donors (Lipinski definition) is 2. The molecule has 24 heavy (non-hydrogen) atoms. The van der Waals surface area contributed by atoms with E-state index in [2.05, 4.69) is 32.7 Å². The average Bonchev–Trinajstić information content (AvgIpc) is 3.02. The van der Waals surface area contributed by atoms with E-state index >= 15 is 0 Å². The number of para-hydroxylation sites is 2. The molecule has 0 aliphatic heterocycles. The third-order valence-corrected chi connectivity index (χ3v) is 3.91. The molecule has 0 saturated carbocycles. The van der Waals surface area contributed by atoms with Gasteiger partial charge in [-0.15, -0.1) is 0 Å². The number of anilines is 2. The fraction of sp³-hybridized carbons (Fsp3) is 0.158. The van der Waals surface area contributed by atoms with Crippen molar-refractivity contribution in [2.45, 2.75) is 6.42 Å². The second kappa shape index (κ2) is 6.58.